The minimum Gasteiger partial charge on any atom is -0.371 e. The molecule has 3 heterocycles. The van der Waals surface area contributed by atoms with Gasteiger partial charge in [0.1, 0.15) is 11.9 Å². The highest BCUT2D eigenvalue weighted by Crippen LogP contribution is 2.33. The van der Waals surface area contributed by atoms with Crippen molar-refractivity contribution in [3.8, 4) is 11.4 Å². The van der Waals surface area contributed by atoms with Gasteiger partial charge in [-0.25, -0.2) is 18.7 Å². The zero-order chi connectivity index (χ0) is 19.7. The fourth-order valence-corrected chi connectivity index (χ4v) is 3.33. The third kappa shape index (κ3) is 3.57. The number of hydrogen-bond donors (Lipinski definition) is 1. The summed E-state index contributed by atoms with van der Waals surface area (Å²) in [5, 5.41) is 3.43. The molecule has 1 fully saturated rings. The van der Waals surface area contributed by atoms with Gasteiger partial charge in [0.2, 0.25) is 0 Å². The second-order valence-corrected chi connectivity index (χ2v) is 6.85. The molecular formula is C21H20F2N4O. The van der Waals surface area contributed by atoms with E-state index in [2.05, 4.69) is 20.3 Å². The molecule has 5 nitrogen and oxygen atoms in total. The molecule has 1 N–H and O–H groups in total. The van der Waals surface area contributed by atoms with E-state index < -0.39 is 11.6 Å². The predicted molar refractivity (Wildman–Crippen MR) is 102 cm³/mol. The molecule has 0 spiro atoms. The smallest absolute Gasteiger partial charge is 0.161 e. The van der Waals surface area contributed by atoms with Crippen molar-refractivity contribution in [2.24, 2.45) is 0 Å². The van der Waals surface area contributed by atoms with Gasteiger partial charge in [-0.3, -0.25) is 4.98 Å². The lowest BCUT2D eigenvalue weighted by Crippen LogP contribution is -2.25. The number of benzene rings is 1. The number of ether oxygens (including phenoxy) is 1. The van der Waals surface area contributed by atoms with E-state index in [0.29, 0.717) is 23.8 Å². The quantitative estimate of drug-likeness (QED) is 0.726. The van der Waals surface area contributed by atoms with Gasteiger partial charge in [0.25, 0.3) is 0 Å². The molecule has 2 unspecified atom stereocenters. The molecule has 7 heteroatoms. The largest absolute Gasteiger partial charge is 0.371 e. The van der Waals surface area contributed by atoms with E-state index in [9.17, 15) is 8.78 Å². The van der Waals surface area contributed by atoms with Crippen molar-refractivity contribution in [3.05, 3.63) is 71.2 Å². The van der Waals surface area contributed by atoms with Crippen molar-refractivity contribution in [3.63, 3.8) is 0 Å². The zero-order valence-electron chi connectivity index (χ0n) is 15.6. The van der Waals surface area contributed by atoms with Crippen LogP contribution in [0.3, 0.4) is 0 Å². The van der Waals surface area contributed by atoms with Crippen LogP contribution < -0.4 is 5.32 Å². The zero-order valence-corrected chi connectivity index (χ0v) is 15.6. The van der Waals surface area contributed by atoms with Crippen molar-refractivity contribution in [2.75, 3.05) is 11.9 Å². The summed E-state index contributed by atoms with van der Waals surface area (Å²) in [5.41, 5.74) is 3.29. The van der Waals surface area contributed by atoms with E-state index in [1.54, 1.807) is 18.5 Å². The second kappa shape index (κ2) is 7.59. The van der Waals surface area contributed by atoms with Crippen LogP contribution in [0.5, 0.6) is 0 Å². The molecule has 0 aliphatic carbocycles. The Kier molecular flexibility index (Phi) is 5.00. The molecule has 2 aromatic heterocycles. The van der Waals surface area contributed by atoms with Crippen LogP contribution in [0, 0.1) is 25.5 Å². The molecule has 2 atom stereocenters. The fourth-order valence-electron chi connectivity index (χ4n) is 3.33. The summed E-state index contributed by atoms with van der Waals surface area (Å²) in [6.45, 7) is 4.42. The summed E-state index contributed by atoms with van der Waals surface area (Å²) in [7, 11) is 0. The van der Waals surface area contributed by atoms with Crippen LogP contribution in [-0.4, -0.2) is 27.6 Å². The van der Waals surface area contributed by atoms with Gasteiger partial charge in [0, 0.05) is 35.8 Å². The van der Waals surface area contributed by atoms with Gasteiger partial charge >= 0.3 is 0 Å². The van der Waals surface area contributed by atoms with Gasteiger partial charge in [-0.2, -0.15) is 0 Å². The highest BCUT2D eigenvalue weighted by atomic mass is 19.2. The summed E-state index contributed by atoms with van der Waals surface area (Å²) in [4.78, 5) is 13.3. The fraction of sp³-hybridized carbons (Fsp3) is 0.286. The van der Waals surface area contributed by atoms with Gasteiger partial charge in [0.15, 0.2) is 17.5 Å². The van der Waals surface area contributed by atoms with Crippen LogP contribution in [-0.2, 0) is 4.74 Å². The maximum absolute atomic E-state index is 13.7. The monoisotopic (exact) mass is 382 g/mol. The first-order chi connectivity index (χ1) is 13.5. The van der Waals surface area contributed by atoms with E-state index in [0.717, 1.165) is 29.3 Å². The molecule has 28 heavy (non-hydrogen) atoms. The van der Waals surface area contributed by atoms with E-state index in [1.807, 2.05) is 26.0 Å². The number of aromatic nitrogens is 3. The Bertz CT molecular complexity index is 997. The van der Waals surface area contributed by atoms with Crippen molar-refractivity contribution in [2.45, 2.75) is 32.4 Å². The molecule has 144 valence electrons. The first kappa shape index (κ1) is 18.4. The molecule has 0 radical (unpaired) electrons. The lowest BCUT2D eigenvalue weighted by Gasteiger charge is -2.22. The molecular weight excluding hydrogens is 362 g/mol. The molecule has 1 aliphatic heterocycles. The summed E-state index contributed by atoms with van der Waals surface area (Å²) in [5.74, 6) is -0.421. The Morgan fingerprint density at radius 1 is 1.04 bits per heavy atom. The Morgan fingerprint density at radius 3 is 2.57 bits per heavy atom. The van der Waals surface area contributed by atoms with Crippen LogP contribution in [0.15, 0.2) is 42.7 Å². The maximum atomic E-state index is 13.7. The number of nitrogens with zero attached hydrogens (tertiary/aromatic N) is 3. The lowest BCUT2D eigenvalue weighted by molar-refractivity contribution is 0.107. The number of aryl methyl sites for hydroxylation is 1. The van der Waals surface area contributed by atoms with E-state index in [-0.39, 0.29) is 12.1 Å². The first-order valence-electron chi connectivity index (χ1n) is 9.11. The molecule has 1 saturated heterocycles. The molecule has 0 amide bonds. The Hall–Kier alpha value is -2.93. The normalized spacial score (nSPS) is 19.0. The summed E-state index contributed by atoms with van der Waals surface area (Å²) >= 11 is 0. The number of hydrogen-bond acceptors (Lipinski definition) is 5. The molecule has 3 aromatic rings. The van der Waals surface area contributed by atoms with Crippen molar-refractivity contribution >= 4 is 5.82 Å². The van der Waals surface area contributed by atoms with Gasteiger partial charge < -0.3 is 10.1 Å². The van der Waals surface area contributed by atoms with Gasteiger partial charge in [-0.1, -0.05) is 6.07 Å². The van der Waals surface area contributed by atoms with Crippen molar-refractivity contribution < 1.29 is 13.5 Å². The molecule has 4 rings (SSSR count). The first-order valence-corrected chi connectivity index (χ1v) is 9.11. The molecule has 1 aromatic carbocycles. The van der Waals surface area contributed by atoms with Crippen molar-refractivity contribution in [1.29, 1.82) is 0 Å². The Balaban J connectivity index is 1.64. The van der Waals surface area contributed by atoms with E-state index >= 15 is 0 Å². The number of pyridine rings is 1. The van der Waals surface area contributed by atoms with Crippen LogP contribution >= 0.6 is 0 Å². The highest BCUT2D eigenvalue weighted by Gasteiger charge is 2.31. The highest BCUT2D eigenvalue weighted by molar-refractivity contribution is 5.59. The van der Waals surface area contributed by atoms with E-state index in [4.69, 9.17) is 4.74 Å². The SMILES string of the molecule is Cc1nc(-c2ccncc2)nc(NC2CCOC2c2ccc(F)c(F)c2)c1C. The van der Waals surface area contributed by atoms with Crippen LogP contribution in [0.1, 0.15) is 29.3 Å². The second-order valence-electron chi connectivity index (χ2n) is 6.85. The van der Waals surface area contributed by atoms with Crippen LogP contribution in [0.2, 0.25) is 0 Å². The molecule has 1 aliphatic rings. The number of nitrogens with one attached hydrogen (secondary N) is 1. The topological polar surface area (TPSA) is 59.9 Å². The number of rotatable bonds is 4. The minimum absolute atomic E-state index is 0.108. The summed E-state index contributed by atoms with van der Waals surface area (Å²) in [6, 6.07) is 7.49. The average Bonchev–Trinajstić information content (AvgIpc) is 3.16. The standard InChI is InChI=1S/C21H20F2N4O/c1-12-13(2)25-21(14-5-8-24-9-6-14)27-20(12)26-18-7-10-28-19(18)15-3-4-16(22)17(23)11-15/h3-6,8-9,11,18-19H,7,10H2,1-2H3,(H,25,26,27). The van der Waals surface area contributed by atoms with Gasteiger partial charge in [-0.15, -0.1) is 0 Å². The maximum Gasteiger partial charge on any atom is 0.161 e. The molecule has 0 bridgehead atoms. The number of anilines is 1. The number of halogens is 2. The van der Waals surface area contributed by atoms with Crippen LogP contribution in [0.4, 0.5) is 14.6 Å². The third-order valence-corrected chi connectivity index (χ3v) is 5.01. The van der Waals surface area contributed by atoms with Crippen LogP contribution in [0.25, 0.3) is 11.4 Å². The van der Waals surface area contributed by atoms with E-state index in [1.165, 1.54) is 6.07 Å². The Labute approximate surface area is 161 Å². The summed E-state index contributed by atoms with van der Waals surface area (Å²) in [6.07, 6.45) is 3.75. The predicted octanol–water partition coefficient (Wildman–Crippen LogP) is 4.38. The average molecular weight is 382 g/mol. The minimum atomic E-state index is -0.874. The van der Waals surface area contributed by atoms with Gasteiger partial charge in [0.05, 0.1) is 6.04 Å². The lowest BCUT2D eigenvalue weighted by atomic mass is 10.0. The Morgan fingerprint density at radius 2 is 1.82 bits per heavy atom. The molecule has 0 saturated carbocycles. The summed E-state index contributed by atoms with van der Waals surface area (Å²) < 4.78 is 32.7. The third-order valence-electron chi connectivity index (χ3n) is 5.01. The van der Waals surface area contributed by atoms with Crippen molar-refractivity contribution in [1.82, 2.24) is 15.0 Å². The van der Waals surface area contributed by atoms with Gasteiger partial charge in [-0.05, 0) is 50.1 Å².